The Morgan fingerprint density at radius 1 is 1.05 bits per heavy atom. The van der Waals surface area contributed by atoms with Gasteiger partial charge in [0.15, 0.2) is 0 Å². The van der Waals surface area contributed by atoms with Gasteiger partial charge in [-0.25, -0.2) is 4.79 Å². The van der Waals surface area contributed by atoms with Crippen molar-refractivity contribution in [1.29, 1.82) is 0 Å². The number of rotatable bonds is 2. The van der Waals surface area contributed by atoms with E-state index in [4.69, 9.17) is 4.74 Å². The van der Waals surface area contributed by atoms with Crippen LogP contribution in [0.1, 0.15) is 17.2 Å². The summed E-state index contributed by atoms with van der Waals surface area (Å²) >= 11 is 0. The minimum absolute atomic E-state index is 0.0276. The normalized spacial score (nSPS) is 16.6. The van der Waals surface area contributed by atoms with E-state index in [0.29, 0.717) is 5.57 Å². The number of hydrogen-bond acceptors (Lipinski definition) is 3. The number of hydrogen-bond donors (Lipinski definition) is 1. The van der Waals surface area contributed by atoms with Crippen molar-refractivity contribution in [3.8, 4) is 0 Å². The molecule has 3 heteroatoms. The summed E-state index contributed by atoms with van der Waals surface area (Å²) in [7, 11) is 1.41. The number of ether oxygens (including phenoxy) is 1. The number of fused-ring (bicyclic) bond motifs is 1. The minimum atomic E-state index is -0.306. The van der Waals surface area contributed by atoms with Gasteiger partial charge in [0.25, 0.3) is 0 Å². The molecule has 0 spiro atoms. The molecule has 0 saturated carbocycles. The molecule has 0 aromatic heterocycles. The van der Waals surface area contributed by atoms with Crippen LogP contribution >= 0.6 is 0 Å². The molecule has 0 fully saturated rings. The van der Waals surface area contributed by atoms with Gasteiger partial charge in [-0.2, -0.15) is 0 Å². The second-order valence-electron chi connectivity index (χ2n) is 4.65. The SMILES string of the molecule is COC(=O)C1=CC(c2ccccc2)Nc2ccccc21. The molecule has 0 radical (unpaired) electrons. The van der Waals surface area contributed by atoms with Crippen LogP contribution in [0.2, 0.25) is 0 Å². The molecule has 20 heavy (non-hydrogen) atoms. The van der Waals surface area contributed by atoms with Crippen molar-refractivity contribution in [2.75, 3.05) is 12.4 Å². The van der Waals surface area contributed by atoms with Gasteiger partial charge in [0.05, 0.1) is 18.7 Å². The number of esters is 1. The second-order valence-corrected chi connectivity index (χ2v) is 4.65. The third-order valence-corrected chi connectivity index (χ3v) is 3.43. The van der Waals surface area contributed by atoms with Crippen molar-refractivity contribution >= 4 is 17.2 Å². The average molecular weight is 265 g/mol. The standard InChI is InChI=1S/C17H15NO2/c1-20-17(19)14-11-16(12-7-3-2-4-8-12)18-15-10-6-5-9-13(14)15/h2-11,16,18H,1H3. The number of para-hydroxylation sites is 1. The summed E-state index contributed by atoms with van der Waals surface area (Å²) in [5, 5.41) is 3.44. The highest BCUT2D eigenvalue weighted by molar-refractivity contribution is 6.19. The van der Waals surface area contributed by atoms with Gasteiger partial charge in [-0.1, -0.05) is 48.5 Å². The van der Waals surface area contributed by atoms with E-state index in [1.807, 2.05) is 60.7 Å². The monoisotopic (exact) mass is 265 g/mol. The molecule has 2 aromatic carbocycles. The van der Waals surface area contributed by atoms with Gasteiger partial charge in [-0.05, 0) is 17.7 Å². The van der Waals surface area contributed by atoms with Crippen molar-refractivity contribution in [3.63, 3.8) is 0 Å². The topological polar surface area (TPSA) is 38.3 Å². The summed E-state index contributed by atoms with van der Waals surface area (Å²) in [5.74, 6) is -0.306. The van der Waals surface area contributed by atoms with Gasteiger partial charge in [0.1, 0.15) is 0 Å². The molecule has 1 heterocycles. The molecule has 0 bridgehead atoms. The Kier molecular flexibility index (Phi) is 3.25. The molecule has 0 saturated heterocycles. The molecule has 1 N–H and O–H groups in total. The maximum Gasteiger partial charge on any atom is 0.338 e. The first kappa shape index (κ1) is 12.5. The van der Waals surface area contributed by atoms with Gasteiger partial charge in [-0.15, -0.1) is 0 Å². The highest BCUT2D eigenvalue weighted by Gasteiger charge is 2.24. The summed E-state index contributed by atoms with van der Waals surface area (Å²) in [6.07, 6.45) is 1.92. The molecule has 2 aromatic rings. The van der Waals surface area contributed by atoms with Gasteiger partial charge in [-0.3, -0.25) is 0 Å². The lowest BCUT2D eigenvalue weighted by atomic mass is 9.93. The van der Waals surface area contributed by atoms with E-state index in [2.05, 4.69) is 5.32 Å². The van der Waals surface area contributed by atoms with E-state index in [0.717, 1.165) is 16.8 Å². The largest absolute Gasteiger partial charge is 0.465 e. The average Bonchev–Trinajstić information content (AvgIpc) is 2.54. The number of carbonyl (C=O) groups excluding carboxylic acids is 1. The minimum Gasteiger partial charge on any atom is -0.465 e. The Labute approximate surface area is 117 Å². The lowest BCUT2D eigenvalue weighted by Gasteiger charge is -2.25. The van der Waals surface area contributed by atoms with Crippen molar-refractivity contribution in [2.45, 2.75) is 6.04 Å². The molecule has 1 unspecified atom stereocenters. The van der Waals surface area contributed by atoms with E-state index < -0.39 is 0 Å². The first-order chi connectivity index (χ1) is 9.79. The van der Waals surface area contributed by atoms with E-state index in [9.17, 15) is 4.79 Å². The van der Waals surface area contributed by atoms with Crippen LogP contribution in [0, 0.1) is 0 Å². The van der Waals surface area contributed by atoms with Crippen LogP contribution in [-0.2, 0) is 9.53 Å². The molecule has 0 aliphatic carbocycles. The number of anilines is 1. The fourth-order valence-electron chi connectivity index (χ4n) is 2.44. The van der Waals surface area contributed by atoms with Gasteiger partial charge >= 0.3 is 5.97 Å². The van der Waals surface area contributed by atoms with Gasteiger partial charge in [0.2, 0.25) is 0 Å². The van der Waals surface area contributed by atoms with Crippen molar-refractivity contribution in [1.82, 2.24) is 0 Å². The number of carbonyl (C=O) groups is 1. The highest BCUT2D eigenvalue weighted by Crippen LogP contribution is 2.35. The summed E-state index contributed by atoms with van der Waals surface area (Å²) in [4.78, 5) is 12.0. The van der Waals surface area contributed by atoms with Crippen LogP contribution in [0.4, 0.5) is 5.69 Å². The maximum atomic E-state index is 12.0. The summed E-state index contributed by atoms with van der Waals surface area (Å²) in [5.41, 5.74) is 3.55. The molecular weight excluding hydrogens is 250 g/mol. The van der Waals surface area contributed by atoms with Gasteiger partial charge < -0.3 is 10.1 Å². The van der Waals surface area contributed by atoms with E-state index in [1.54, 1.807) is 0 Å². The van der Waals surface area contributed by atoms with Crippen molar-refractivity contribution in [2.24, 2.45) is 0 Å². The zero-order valence-electron chi connectivity index (χ0n) is 11.2. The van der Waals surface area contributed by atoms with E-state index >= 15 is 0 Å². The number of methoxy groups -OCH3 is 1. The third kappa shape index (κ3) is 2.18. The number of benzene rings is 2. The summed E-state index contributed by atoms with van der Waals surface area (Å²) in [6.45, 7) is 0. The van der Waals surface area contributed by atoms with Crippen molar-refractivity contribution in [3.05, 3.63) is 71.8 Å². The Morgan fingerprint density at radius 3 is 2.50 bits per heavy atom. The molecule has 1 aliphatic rings. The highest BCUT2D eigenvalue weighted by atomic mass is 16.5. The van der Waals surface area contributed by atoms with Gasteiger partial charge in [0, 0.05) is 11.3 Å². The molecule has 0 amide bonds. The molecule has 3 nitrogen and oxygen atoms in total. The Hall–Kier alpha value is -2.55. The molecular formula is C17H15NO2. The Morgan fingerprint density at radius 2 is 1.75 bits per heavy atom. The van der Waals surface area contributed by atoms with Crippen LogP contribution in [0.5, 0.6) is 0 Å². The zero-order valence-corrected chi connectivity index (χ0v) is 11.2. The lowest BCUT2D eigenvalue weighted by Crippen LogP contribution is -2.18. The zero-order chi connectivity index (χ0) is 13.9. The first-order valence-corrected chi connectivity index (χ1v) is 6.50. The fourth-order valence-corrected chi connectivity index (χ4v) is 2.44. The van der Waals surface area contributed by atoms with E-state index in [-0.39, 0.29) is 12.0 Å². The summed E-state index contributed by atoms with van der Waals surface area (Å²) < 4.78 is 4.90. The van der Waals surface area contributed by atoms with Crippen LogP contribution in [0.3, 0.4) is 0 Å². The molecule has 3 rings (SSSR count). The molecule has 1 aliphatic heterocycles. The van der Waals surface area contributed by atoms with Crippen LogP contribution in [-0.4, -0.2) is 13.1 Å². The predicted molar refractivity (Wildman–Crippen MR) is 79.2 cm³/mol. The third-order valence-electron chi connectivity index (χ3n) is 3.43. The first-order valence-electron chi connectivity index (χ1n) is 6.50. The summed E-state index contributed by atoms with van der Waals surface area (Å²) in [6, 6.07) is 17.8. The quantitative estimate of drug-likeness (QED) is 0.846. The van der Waals surface area contributed by atoms with Crippen LogP contribution < -0.4 is 5.32 Å². The Balaban J connectivity index is 2.07. The van der Waals surface area contributed by atoms with Crippen molar-refractivity contribution < 1.29 is 9.53 Å². The lowest BCUT2D eigenvalue weighted by molar-refractivity contribution is -0.133. The predicted octanol–water partition coefficient (Wildman–Crippen LogP) is 3.41. The van der Waals surface area contributed by atoms with Crippen LogP contribution in [0.25, 0.3) is 5.57 Å². The molecule has 100 valence electrons. The fraction of sp³-hybridized carbons (Fsp3) is 0.118. The Bertz CT molecular complexity index is 662. The number of nitrogens with one attached hydrogen (secondary N) is 1. The maximum absolute atomic E-state index is 12.0. The second kappa shape index (κ2) is 5.21. The van der Waals surface area contributed by atoms with E-state index in [1.165, 1.54) is 7.11 Å². The van der Waals surface area contributed by atoms with Crippen LogP contribution in [0.15, 0.2) is 60.7 Å². The molecule has 1 atom stereocenters. The smallest absolute Gasteiger partial charge is 0.338 e.